The number of rotatable bonds is 7. The first-order chi connectivity index (χ1) is 10.1. The Bertz CT molecular complexity index is 580. The maximum atomic E-state index is 11.8. The van der Waals surface area contributed by atoms with Gasteiger partial charge in [0, 0.05) is 22.9 Å². The summed E-state index contributed by atoms with van der Waals surface area (Å²) in [5, 5.41) is 2.97. The number of thiophene rings is 1. The summed E-state index contributed by atoms with van der Waals surface area (Å²) in [5.41, 5.74) is 2.28. The van der Waals surface area contributed by atoms with Gasteiger partial charge in [0.05, 0.1) is 10.2 Å². The molecule has 1 aromatic heterocycles. The summed E-state index contributed by atoms with van der Waals surface area (Å²) in [7, 11) is 0. The second kappa shape index (κ2) is 8.61. The average Bonchev–Trinajstić information content (AvgIpc) is 2.87. The molecule has 0 saturated carbocycles. The third-order valence-corrected chi connectivity index (χ3v) is 5.74. The number of aryl methyl sites for hydroxylation is 1. The van der Waals surface area contributed by atoms with Crippen LogP contribution in [0.4, 0.5) is 0 Å². The number of halogens is 1. The van der Waals surface area contributed by atoms with Gasteiger partial charge in [-0.1, -0.05) is 29.8 Å². The highest BCUT2D eigenvalue weighted by Gasteiger charge is 2.03. The second-order valence-electron chi connectivity index (χ2n) is 4.77. The minimum absolute atomic E-state index is 0.0957. The van der Waals surface area contributed by atoms with E-state index in [4.69, 9.17) is 0 Å². The molecule has 1 amide bonds. The van der Waals surface area contributed by atoms with Crippen molar-refractivity contribution in [3.8, 4) is 0 Å². The van der Waals surface area contributed by atoms with Gasteiger partial charge in [-0.25, -0.2) is 0 Å². The lowest BCUT2D eigenvalue weighted by Gasteiger charge is -2.05. The zero-order valence-electron chi connectivity index (χ0n) is 11.9. The quantitative estimate of drug-likeness (QED) is 0.717. The van der Waals surface area contributed by atoms with Crippen LogP contribution in [0, 0.1) is 6.92 Å². The number of thioether (sulfide) groups is 1. The van der Waals surface area contributed by atoms with Gasteiger partial charge in [-0.3, -0.25) is 4.79 Å². The molecule has 0 fully saturated rings. The van der Waals surface area contributed by atoms with Crippen LogP contribution in [0.5, 0.6) is 0 Å². The van der Waals surface area contributed by atoms with Crippen molar-refractivity contribution >= 4 is 44.9 Å². The summed E-state index contributed by atoms with van der Waals surface area (Å²) < 4.78 is 1.17. The van der Waals surface area contributed by atoms with E-state index in [9.17, 15) is 4.79 Å². The summed E-state index contributed by atoms with van der Waals surface area (Å²) in [4.78, 5) is 13.2. The van der Waals surface area contributed by atoms with Gasteiger partial charge >= 0.3 is 0 Å². The fourth-order valence-corrected chi connectivity index (χ4v) is 4.27. The van der Waals surface area contributed by atoms with Gasteiger partial charge in [0.1, 0.15) is 0 Å². The second-order valence-corrected chi connectivity index (χ2v) is 8.42. The highest BCUT2D eigenvalue weighted by atomic mass is 79.9. The number of hydrogen-bond acceptors (Lipinski definition) is 3. The number of carbonyl (C=O) groups is 1. The zero-order chi connectivity index (χ0) is 15.1. The molecule has 0 unspecified atom stereocenters. The molecule has 0 saturated heterocycles. The standard InChI is InChI=1S/C16H18BrNOS2/c1-12-2-4-13(5-3-12)10-16(19)18-8-9-20-11-14-6-7-15(17)21-14/h2-7H,8-11H2,1H3,(H,18,19). The van der Waals surface area contributed by atoms with Crippen LogP contribution >= 0.6 is 39.0 Å². The van der Waals surface area contributed by atoms with Crippen molar-refractivity contribution < 1.29 is 4.79 Å². The first kappa shape index (κ1) is 16.6. The lowest BCUT2D eigenvalue weighted by atomic mass is 10.1. The molecule has 0 radical (unpaired) electrons. The Morgan fingerprint density at radius 1 is 1.24 bits per heavy atom. The van der Waals surface area contributed by atoms with E-state index < -0.39 is 0 Å². The van der Waals surface area contributed by atoms with E-state index in [0.29, 0.717) is 6.42 Å². The Labute approximate surface area is 142 Å². The van der Waals surface area contributed by atoms with E-state index in [1.807, 2.05) is 43.0 Å². The third kappa shape index (κ3) is 6.24. The van der Waals surface area contributed by atoms with Crippen molar-refractivity contribution in [1.29, 1.82) is 0 Å². The molecule has 0 aliphatic rings. The van der Waals surface area contributed by atoms with Gasteiger partial charge in [0.25, 0.3) is 0 Å². The first-order valence-corrected chi connectivity index (χ1v) is 9.54. The molecule has 0 atom stereocenters. The van der Waals surface area contributed by atoms with Crippen LogP contribution in [0.15, 0.2) is 40.2 Å². The topological polar surface area (TPSA) is 29.1 Å². The Morgan fingerprint density at radius 3 is 2.67 bits per heavy atom. The van der Waals surface area contributed by atoms with Crippen LogP contribution in [-0.2, 0) is 17.0 Å². The van der Waals surface area contributed by atoms with Crippen LogP contribution < -0.4 is 5.32 Å². The van der Waals surface area contributed by atoms with Crippen molar-refractivity contribution in [2.45, 2.75) is 19.1 Å². The Hall–Kier alpha value is -0.780. The van der Waals surface area contributed by atoms with Crippen LogP contribution in [0.3, 0.4) is 0 Å². The number of benzene rings is 1. The third-order valence-electron chi connectivity index (χ3n) is 2.93. The number of nitrogens with one attached hydrogen (secondary N) is 1. The van der Waals surface area contributed by atoms with Crippen molar-refractivity contribution in [2.24, 2.45) is 0 Å². The van der Waals surface area contributed by atoms with Gasteiger partial charge in [0.15, 0.2) is 0 Å². The maximum absolute atomic E-state index is 11.8. The van der Waals surface area contributed by atoms with Crippen molar-refractivity contribution in [3.05, 3.63) is 56.2 Å². The Morgan fingerprint density at radius 2 is 2.00 bits per heavy atom. The number of hydrogen-bond donors (Lipinski definition) is 1. The lowest BCUT2D eigenvalue weighted by molar-refractivity contribution is -0.120. The molecule has 1 N–H and O–H groups in total. The highest BCUT2D eigenvalue weighted by Crippen LogP contribution is 2.25. The summed E-state index contributed by atoms with van der Waals surface area (Å²) in [6.07, 6.45) is 0.461. The molecule has 21 heavy (non-hydrogen) atoms. The zero-order valence-corrected chi connectivity index (χ0v) is 15.1. The monoisotopic (exact) mass is 383 g/mol. The number of amides is 1. The summed E-state index contributed by atoms with van der Waals surface area (Å²) >= 11 is 7.07. The van der Waals surface area contributed by atoms with E-state index in [2.05, 4.69) is 33.4 Å². The van der Waals surface area contributed by atoms with Crippen molar-refractivity contribution in [1.82, 2.24) is 5.32 Å². The fraction of sp³-hybridized carbons (Fsp3) is 0.312. The van der Waals surface area contributed by atoms with Gasteiger partial charge < -0.3 is 5.32 Å². The van der Waals surface area contributed by atoms with Gasteiger partial charge in [0.2, 0.25) is 5.91 Å². The predicted molar refractivity (Wildman–Crippen MR) is 96.1 cm³/mol. The molecule has 0 aliphatic heterocycles. The molecule has 1 heterocycles. The van der Waals surface area contributed by atoms with Crippen LogP contribution in [0.2, 0.25) is 0 Å². The lowest BCUT2D eigenvalue weighted by Crippen LogP contribution is -2.27. The SMILES string of the molecule is Cc1ccc(CC(=O)NCCSCc2ccc(Br)s2)cc1. The molecule has 0 spiro atoms. The first-order valence-electron chi connectivity index (χ1n) is 6.77. The summed E-state index contributed by atoms with van der Waals surface area (Å²) in [5.74, 6) is 2.04. The van der Waals surface area contributed by atoms with Gasteiger partial charge in [-0.05, 0) is 40.5 Å². The van der Waals surface area contributed by atoms with Crippen molar-refractivity contribution in [3.63, 3.8) is 0 Å². The van der Waals surface area contributed by atoms with Crippen LogP contribution in [0.25, 0.3) is 0 Å². The largest absolute Gasteiger partial charge is 0.355 e. The smallest absolute Gasteiger partial charge is 0.224 e. The average molecular weight is 384 g/mol. The normalized spacial score (nSPS) is 10.6. The number of carbonyl (C=O) groups excluding carboxylic acids is 1. The molecule has 2 nitrogen and oxygen atoms in total. The van der Waals surface area contributed by atoms with Crippen molar-refractivity contribution in [2.75, 3.05) is 12.3 Å². The minimum atomic E-state index is 0.0957. The molecule has 2 rings (SSSR count). The highest BCUT2D eigenvalue weighted by molar-refractivity contribution is 9.11. The summed E-state index contributed by atoms with van der Waals surface area (Å²) in [6, 6.07) is 12.3. The predicted octanol–water partition coefficient (Wildman–Crippen LogP) is 4.41. The van der Waals surface area contributed by atoms with E-state index >= 15 is 0 Å². The molecule has 5 heteroatoms. The van der Waals surface area contributed by atoms with Gasteiger partial charge in [-0.15, -0.1) is 11.3 Å². The molecule has 2 aromatic rings. The van der Waals surface area contributed by atoms with E-state index in [1.165, 1.54) is 14.2 Å². The Balaban J connectivity index is 1.60. The van der Waals surface area contributed by atoms with Crippen LogP contribution in [0.1, 0.15) is 16.0 Å². The molecule has 112 valence electrons. The molecular formula is C16H18BrNOS2. The molecule has 0 aliphatic carbocycles. The maximum Gasteiger partial charge on any atom is 0.224 e. The van der Waals surface area contributed by atoms with Gasteiger partial charge in [-0.2, -0.15) is 11.8 Å². The Kier molecular flexibility index (Phi) is 6.80. The van der Waals surface area contributed by atoms with E-state index in [1.54, 1.807) is 11.3 Å². The van der Waals surface area contributed by atoms with E-state index in [0.717, 1.165) is 23.6 Å². The fourth-order valence-electron chi connectivity index (χ4n) is 1.82. The molecule has 1 aromatic carbocycles. The molecule has 0 bridgehead atoms. The minimum Gasteiger partial charge on any atom is -0.355 e. The van der Waals surface area contributed by atoms with E-state index in [-0.39, 0.29) is 5.91 Å². The summed E-state index contributed by atoms with van der Waals surface area (Å²) in [6.45, 7) is 2.77. The molecular weight excluding hydrogens is 366 g/mol. The van der Waals surface area contributed by atoms with Crippen LogP contribution in [-0.4, -0.2) is 18.2 Å².